The first-order valence-corrected chi connectivity index (χ1v) is 16.1. The summed E-state index contributed by atoms with van der Waals surface area (Å²) >= 11 is 2.93. The highest BCUT2D eigenvalue weighted by molar-refractivity contribution is 7.15. The van der Waals surface area contributed by atoms with E-state index in [-0.39, 0.29) is 41.5 Å². The number of aromatic nitrogens is 4. The van der Waals surface area contributed by atoms with E-state index in [0.717, 1.165) is 58.5 Å². The quantitative estimate of drug-likeness (QED) is 0.167. The van der Waals surface area contributed by atoms with Crippen LogP contribution in [0.1, 0.15) is 72.0 Å². The molecule has 5 rings (SSSR count). The van der Waals surface area contributed by atoms with E-state index >= 15 is 0 Å². The Balaban J connectivity index is 1.18. The normalized spacial score (nSPS) is 16.9. The highest BCUT2D eigenvalue weighted by Gasteiger charge is 2.29. The Morgan fingerprint density at radius 1 is 0.864 bits per heavy atom. The van der Waals surface area contributed by atoms with Crippen LogP contribution in [0.15, 0.2) is 48.2 Å². The number of carbonyl (C=O) groups is 1. The fourth-order valence-electron chi connectivity index (χ4n) is 5.29. The minimum absolute atomic E-state index is 0.0672. The molecule has 1 fully saturated rings. The van der Waals surface area contributed by atoms with Crippen LogP contribution < -0.4 is 20.1 Å². The van der Waals surface area contributed by atoms with Crippen molar-refractivity contribution >= 4 is 38.8 Å². The molecule has 0 spiro atoms. The van der Waals surface area contributed by atoms with Crippen molar-refractivity contribution in [3.05, 3.63) is 80.9 Å². The standard InChI is InChI=1S/C31H34F2N6O3S2/c1-4-6-22(13-18-9-11-23(32)25(14-18)41-2)34-30-38-36-28(43-30)20-7-5-8-21(17-20)29-37-39-31(44-29)35-27(40)16-19-10-12-24(33)26(15-19)42-3/h6,9-12,14-15,20-21H,4-5,7-8,13,16-17H2,1-3H3,(H,34,38)(H,35,39,40)/b22-6+/t20-,21?/m0/s1. The minimum Gasteiger partial charge on any atom is -0.494 e. The van der Waals surface area contributed by atoms with Gasteiger partial charge in [0.05, 0.1) is 20.6 Å². The summed E-state index contributed by atoms with van der Waals surface area (Å²) in [5, 5.41) is 26.8. The fraction of sp³-hybridized carbons (Fsp3) is 0.387. The maximum absolute atomic E-state index is 13.9. The van der Waals surface area contributed by atoms with Gasteiger partial charge < -0.3 is 20.1 Å². The molecule has 0 radical (unpaired) electrons. The molecule has 4 aromatic rings. The molecule has 2 heterocycles. The van der Waals surface area contributed by atoms with Gasteiger partial charge in [0.2, 0.25) is 16.2 Å². The first kappa shape index (κ1) is 31.5. The van der Waals surface area contributed by atoms with Gasteiger partial charge in [-0.1, -0.05) is 54.2 Å². The highest BCUT2D eigenvalue weighted by Crippen LogP contribution is 2.43. The Kier molecular flexibility index (Phi) is 10.5. The highest BCUT2D eigenvalue weighted by atomic mass is 32.1. The van der Waals surface area contributed by atoms with Crippen LogP contribution in [-0.2, 0) is 17.6 Å². The molecule has 1 saturated carbocycles. The van der Waals surface area contributed by atoms with Crippen molar-refractivity contribution in [1.82, 2.24) is 20.4 Å². The van der Waals surface area contributed by atoms with Gasteiger partial charge >= 0.3 is 0 Å². The molecule has 0 saturated heterocycles. The molecule has 2 aromatic carbocycles. The number of rotatable bonds is 12. The molecule has 1 unspecified atom stereocenters. The lowest BCUT2D eigenvalue weighted by molar-refractivity contribution is -0.115. The number of allylic oxidation sites excluding steroid dienone is 2. The second-order valence-corrected chi connectivity index (χ2v) is 12.6. The number of methoxy groups -OCH3 is 2. The molecule has 13 heteroatoms. The lowest BCUT2D eigenvalue weighted by Gasteiger charge is -2.25. The van der Waals surface area contributed by atoms with Crippen molar-refractivity contribution in [2.45, 2.75) is 63.7 Å². The smallest absolute Gasteiger partial charge is 0.230 e. The number of halogens is 2. The summed E-state index contributed by atoms with van der Waals surface area (Å²) < 4.78 is 37.7. The summed E-state index contributed by atoms with van der Waals surface area (Å²) in [6.45, 7) is 2.06. The Bertz CT molecular complexity index is 1630. The number of anilines is 2. The molecule has 44 heavy (non-hydrogen) atoms. The second-order valence-electron chi connectivity index (χ2n) is 10.6. The SMILES string of the molecule is CC/C=C(\Cc1ccc(F)c(OC)c1)Nc1nnc([C@H]2CCCC(c3nnc(NC(=O)Cc4ccc(F)c(OC)c4)s3)C2)s1. The average molecular weight is 641 g/mol. The van der Waals surface area contributed by atoms with Gasteiger partial charge in [-0.25, -0.2) is 8.78 Å². The van der Waals surface area contributed by atoms with Gasteiger partial charge in [0, 0.05) is 24.0 Å². The van der Waals surface area contributed by atoms with Crippen molar-refractivity contribution in [2.75, 3.05) is 24.9 Å². The third-order valence-electron chi connectivity index (χ3n) is 7.41. The van der Waals surface area contributed by atoms with Crippen LogP contribution in [0, 0.1) is 11.6 Å². The average Bonchev–Trinajstić information content (AvgIpc) is 3.69. The largest absolute Gasteiger partial charge is 0.494 e. The lowest BCUT2D eigenvalue weighted by atomic mass is 9.82. The first-order chi connectivity index (χ1) is 21.3. The molecule has 1 aliphatic rings. The molecule has 1 amide bonds. The van der Waals surface area contributed by atoms with Gasteiger partial charge in [0.1, 0.15) is 10.0 Å². The van der Waals surface area contributed by atoms with Crippen LogP contribution in [0.4, 0.5) is 19.0 Å². The summed E-state index contributed by atoms with van der Waals surface area (Å²) in [6.07, 6.45) is 7.48. The maximum atomic E-state index is 13.9. The molecule has 232 valence electrons. The predicted octanol–water partition coefficient (Wildman–Crippen LogP) is 7.26. The number of hydrogen-bond acceptors (Lipinski definition) is 10. The summed E-state index contributed by atoms with van der Waals surface area (Å²) in [5.74, 6) is -0.338. The lowest BCUT2D eigenvalue weighted by Crippen LogP contribution is -2.14. The van der Waals surface area contributed by atoms with E-state index in [1.54, 1.807) is 29.5 Å². The zero-order chi connectivity index (χ0) is 31.1. The molecular weight excluding hydrogens is 607 g/mol. The van der Waals surface area contributed by atoms with Gasteiger partial charge in [0.25, 0.3) is 0 Å². The molecule has 9 nitrogen and oxygen atoms in total. The molecule has 2 N–H and O–H groups in total. The Labute approximate surface area is 262 Å². The van der Waals surface area contributed by atoms with Crippen LogP contribution >= 0.6 is 22.7 Å². The summed E-state index contributed by atoms with van der Waals surface area (Å²) in [6, 6.07) is 9.24. The molecule has 0 bridgehead atoms. The van der Waals surface area contributed by atoms with Crippen LogP contribution in [0.2, 0.25) is 0 Å². The summed E-state index contributed by atoms with van der Waals surface area (Å²) in [4.78, 5) is 12.6. The van der Waals surface area contributed by atoms with Crippen molar-refractivity contribution < 1.29 is 23.0 Å². The van der Waals surface area contributed by atoms with Crippen LogP contribution in [0.5, 0.6) is 11.5 Å². The van der Waals surface area contributed by atoms with E-state index in [4.69, 9.17) is 9.47 Å². The van der Waals surface area contributed by atoms with Crippen molar-refractivity contribution in [3.63, 3.8) is 0 Å². The van der Waals surface area contributed by atoms with Gasteiger partial charge in [-0.2, -0.15) is 0 Å². The number of benzene rings is 2. The number of ether oxygens (including phenoxy) is 2. The monoisotopic (exact) mass is 640 g/mol. The third kappa shape index (κ3) is 7.94. The van der Waals surface area contributed by atoms with E-state index in [0.29, 0.717) is 17.1 Å². The van der Waals surface area contributed by atoms with E-state index in [2.05, 4.69) is 44.0 Å². The zero-order valence-corrected chi connectivity index (χ0v) is 26.4. The molecule has 2 aromatic heterocycles. The second kappa shape index (κ2) is 14.7. The zero-order valence-electron chi connectivity index (χ0n) is 24.7. The number of nitrogens with one attached hydrogen (secondary N) is 2. The van der Waals surface area contributed by atoms with E-state index in [9.17, 15) is 13.6 Å². The van der Waals surface area contributed by atoms with E-state index in [1.807, 2.05) is 0 Å². The fourth-order valence-corrected chi connectivity index (χ4v) is 7.12. The van der Waals surface area contributed by atoms with Gasteiger partial charge in [-0.3, -0.25) is 4.79 Å². The van der Waals surface area contributed by atoms with Crippen LogP contribution in [0.3, 0.4) is 0 Å². The van der Waals surface area contributed by atoms with Crippen molar-refractivity contribution in [3.8, 4) is 11.5 Å². The molecular formula is C31H34F2N6O3S2. The number of nitrogens with zero attached hydrogens (tertiary/aromatic N) is 4. The first-order valence-electron chi connectivity index (χ1n) is 14.4. The Morgan fingerprint density at radius 2 is 1.41 bits per heavy atom. The topological polar surface area (TPSA) is 111 Å². The van der Waals surface area contributed by atoms with Crippen LogP contribution in [-0.4, -0.2) is 40.5 Å². The summed E-state index contributed by atoms with van der Waals surface area (Å²) in [5.41, 5.74) is 2.53. The van der Waals surface area contributed by atoms with E-state index < -0.39 is 5.82 Å². The summed E-state index contributed by atoms with van der Waals surface area (Å²) in [7, 11) is 2.85. The van der Waals surface area contributed by atoms with Gasteiger partial charge in [0.15, 0.2) is 23.1 Å². The van der Waals surface area contributed by atoms with Crippen molar-refractivity contribution in [1.29, 1.82) is 0 Å². The third-order valence-corrected chi connectivity index (χ3v) is 9.41. The van der Waals surface area contributed by atoms with Crippen molar-refractivity contribution in [2.24, 2.45) is 0 Å². The van der Waals surface area contributed by atoms with Crippen LogP contribution in [0.25, 0.3) is 0 Å². The number of hydrogen-bond donors (Lipinski definition) is 2. The predicted molar refractivity (Wildman–Crippen MR) is 168 cm³/mol. The molecule has 0 aliphatic heterocycles. The Morgan fingerprint density at radius 3 is 1.95 bits per heavy atom. The van der Waals surface area contributed by atoms with Gasteiger partial charge in [-0.15, -0.1) is 20.4 Å². The van der Waals surface area contributed by atoms with E-state index in [1.165, 1.54) is 43.8 Å². The van der Waals surface area contributed by atoms with Gasteiger partial charge in [-0.05, 0) is 61.1 Å². The molecule has 1 aliphatic carbocycles. The Hall–Kier alpha value is -3.97. The number of carbonyl (C=O) groups excluding carboxylic acids is 1. The maximum Gasteiger partial charge on any atom is 0.230 e. The molecule has 2 atom stereocenters. The number of amides is 1. The minimum atomic E-state index is -0.474.